The molecule has 0 saturated carbocycles. The van der Waals surface area contributed by atoms with E-state index in [1.165, 1.54) is 12.1 Å². The predicted octanol–water partition coefficient (Wildman–Crippen LogP) is 4.40. The molecule has 102 valence electrons. The van der Waals surface area contributed by atoms with Crippen LogP contribution in [0.4, 0.5) is 4.39 Å². The molecule has 0 heterocycles. The maximum Gasteiger partial charge on any atom is 0.145 e. The summed E-state index contributed by atoms with van der Waals surface area (Å²) in [6.07, 6.45) is 1.96. The molecule has 18 heavy (non-hydrogen) atoms. The van der Waals surface area contributed by atoms with Crippen molar-refractivity contribution >= 4 is 27.5 Å². The van der Waals surface area contributed by atoms with Crippen LogP contribution < -0.4 is 10.1 Å². The van der Waals surface area contributed by atoms with Crippen molar-refractivity contribution in [3.63, 3.8) is 0 Å². The molecule has 0 spiro atoms. The second-order valence-corrected chi connectivity index (χ2v) is 5.31. The minimum Gasteiger partial charge on any atom is -0.488 e. The number of rotatable bonds is 7. The molecule has 0 radical (unpaired) electrons. The number of hydrogen-bond acceptors (Lipinski definition) is 2. The van der Waals surface area contributed by atoms with Crippen molar-refractivity contribution < 1.29 is 9.13 Å². The number of halogens is 3. The molecule has 0 fully saturated rings. The second-order valence-electron chi connectivity index (χ2n) is 4.05. The van der Waals surface area contributed by atoms with E-state index < -0.39 is 5.82 Å². The fourth-order valence-corrected chi connectivity index (χ4v) is 2.22. The molecule has 0 aromatic heterocycles. The molecule has 0 saturated heterocycles. The highest BCUT2D eigenvalue weighted by Crippen LogP contribution is 2.31. The van der Waals surface area contributed by atoms with E-state index in [1.807, 2.05) is 6.92 Å². The van der Waals surface area contributed by atoms with Crippen molar-refractivity contribution in [1.82, 2.24) is 5.32 Å². The van der Waals surface area contributed by atoms with Gasteiger partial charge in [0.25, 0.3) is 0 Å². The molecular formula is C13H18BrClFNO. The second kappa shape index (κ2) is 7.97. The Morgan fingerprint density at radius 3 is 2.78 bits per heavy atom. The van der Waals surface area contributed by atoms with E-state index in [0.29, 0.717) is 10.2 Å². The van der Waals surface area contributed by atoms with Crippen LogP contribution in [0, 0.1) is 5.82 Å². The van der Waals surface area contributed by atoms with Crippen LogP contribution in [-0.4, -0.2) is 19.2 Å². The average molecular weight is 339 g/mol. The van der Waals surface area contributed by atoms with Crippen LogP contribution in [0.3, 0.4) is 0 Å². The molecule has 1 aromatic carbocycles. The van der Waals surface area contributed by atoms with E-state index in [4.69, 9.17) is 16.3 Å². The zero-order chi connectivity index (χ0) is 13.5. The Kier molecular flexibility index (Phi) is 6.97. The lowest BCUT2D eigenvalue weighted by Crippen LogP contribution is -2.31. The van der Waals surface area contributed by atoms with Crippen molar-refractivity contribution in [3.8, 4) is 5.75 Å². The summed E-state index contributed by atoms with van der Waals surface area (Å²) < 4.78 is 19.8. The highest BCUT2D eigenvalue weighted by atomic mass is 79.9. The Morgan fingerprint density at radius 2 is 2.17 bits per heavy atom. The third-order valence-corrected chi connectivity index (χ3v) is 3.43. The summed E-state index contributed by atoms with van der Waals surface area (Å²) in [6.45, 7) is 5.86. The summed E-state index contributed by atoms with van der Waals surface area (Å²) >= 11 is 9.01. The molecule has 0 aliphatic carbocycles. The van der Waals surface area contributed by atoms with Gasteiger partial charge in [-0.15, -0.1) is 0 Å². The van der Waals surface area contributed by atoms with Gasteiger partial charge in [0.1, 0.15) is 17.7 Å². The van der Waals surface area contributed by atoms with Crippen LogP contribution in [0.15, 0.2) is 16.6 Å². The number of hydrogen-bond donors (Lipinski definition) is 1. The van der Waals surface area contributed by atoms with Crippen LogP contribution in [0.1, 0.15) is 26.7 Å². The van der Waals surface area contributed by atoms with Crippen LogP contribution in [0.25, 0.3) is 0 Å². The number of ether oxygens (including phenoxy) is 1. The average Bonchev–Trinajstić information content (AvgIpc) is 2.34. The monoisotopic (exact) mass is 337 g/mol. The van der Waals surface area contributed by atoms with Gasteiger partial charge in [-0.25, -0.2) is 4.39 Å². The Labute approximate surface area is 121 Å². The Hall–Kier alpha value is -0.320. The normalized spacial score (nSPS) is 12.5. The quantitative estimate of drug-likeness (QED) is 0.588. The summed E-state index contributed by atoms with van der Waals surface area (Å²) in [5, 5.41) is 3.38. The molecule has 1 N–H and O–H groups in total. The minimum absolute atomic E-state index is 0.0217. The molecular weight excluding hydrogens is 321 g/mol. The molecule has 5 heteroatoms. The van der Waals surface area contributed by atoms with Gasteiger partial charge >= 0.3 is 0 Å². The summed E-state index contributed by atoms with van der Waals surface area (Å²) in [4.78, 5) is 0. The summed E-state index contributed by atoms with van der Waals surface area (Å²) in [5.41, 5.74) is 0. The Balaban J connectivity index is 2.66. The fourth-order valence-electron chi connectivity index (χ4n) is 1.48. The molecule has 0 aliphatic rings. The first kappa shape index (κ1) is 15.7. The van der Waals surface area contributed by atoms with Gasteiger partial charge in [-0.05, 0) is 41.4 Å². The molecule has 1 rings (SSSR count). The molecule has 0 amide bonds. The lowest BCUT2D eigenvalue weighted by atomic mass is 10.2. The highest BCUT2D eigenvalue weighted by Gasteiger charge is 2.13. The van der Waals surface area contributed by atoms with Crippen LogP contribution in [0.2, 0.25) is 5.02 Å². The maximum absolute atomic E-state index is 13.4. The Morgan fingerprint density at radius 1 is 1.44 bits per heavy atom. The molecule has 2 nitrogen and oxygen atoms in total. The molecule has 0 aliphatic heterocycles. The smallest absolute Gasteiger partial charge is 0.145 e. The predicted molar refractivity (Wildman–Crippen MR) is 77.0 cm³/mol. The van der Waals surface area contributed by atoms with Crippen molar-refractivity contribution in [2.45, 2.75) is 32.8 Å². The van der Waals surface area contributed by atoms with Gasteiger partial charge in [0.2, 0.25) is 0 Å². The zero-order valence-electron chi connectivity index (χ0n) is 10.6. The van der Waals surface area contributed by atoms with Crippen molar-refractivity contribution in [2.75, 3.05) is 13.1 Å². The zero-order valence-corrected chi connectivity index (χ0v) is 12.9. The third kappa shape index (κ3) is 4.75. The van der Waals surface area contributed by atoms with Crippen molar-refractivity contribution in [3.05, 3.63) is 27.4 Å². The van der Waals surface area contributed by atoms with Crippen LogP contribution >= 0.6 is 27.5 Å². The van der Waals surface area contributed by atoms with E-state index >= 15 is 0 Å². The largest absolute Gasteiger partial charge is 0.488 e. The van der Waals surface area contributed by atoms with Gasteiger partial charge in [-0.3, -0.25) is 0 Å². The Bertz CT molecular complexity index is 389. The van der Waals surface area contributed by atoms with E-state index in [1.54, 1.807) is 0 Å². The topological polar surface area (TPSA) is 21.3 Å². The lowest BCUT2D eigenvalue weighted by Gasteiger charge is -2.19. The lowest BCUT2D eigenvalue weighted by molar-refractivity contribution is 0.191. The first-order chi connectivity index (χ1) is 8.58. The van der Waals surface area contributed by atoms with Crippen LogP contribution in [0.5, 0.6) is 5.75 Å². The van der Waals surface area contributed by atoms with E-state index in [2.05, 4.69) is 28.2 Å². The van der Waals surface area contributed by atoms with Gasteiger partial charge in [0.15, 0.2) is 0 Å². The standard InChI is InChI=1S/C13H18BrClFNO/c1-3-5-17-8-9(4-2)18-13-7-12(16)11(15)6-10(13)14/h6-7,9,17H,3-5,8H2,1-2H3. The molecule has 0 bridgehead atoms. The van der Waals surface area contributed by atoms with Gasteiger partial charge in [-0.1, -0.05) is 25.4 Å². The van der Waals surface area contributed by atoms with Gasteiger partial charge in [-0.2, -0.15) is 0 Å². The summed E-state index contributed by atoms with van der Waals surface area (Å²) in [7, 11) is 0. The number of benzene rings is 1. The van der Waals surface area contributed by atoms with Crippen LogP contribution in [-0.2, 0) is 0 Å². The van der Waals surface area contributed by atoms with Gasteiger partial charge in [0, 0.05) is 12.6 Å². The molecule has 1 unspecified atom stereocenters. The minimum atomic E-state index is -0.466. The van der Waals surface area contributed by atoms with E-state index in [0.717, 1.165) is 25.9 Å². The molecule has 1 atom stereocenters. The summed E-state index contributed by atoms with van der Waals surface area (Å²) in [5.74, 6) is 0.0216. The van der Waals surface area contributed by atoms with Gasteiger partial charge in [0.05, 0.1) is 9.50 Å². The third-order valence-electron chi connectivity index (χ3n) is 2.52. The van der Waals surface area contributed by atoms with E-state index in [-0.39, 0.29) is 11.1 Å². The van der Waals surface area contributed by atoms with Crippen molar-refractivity contribution in [1.29, 1.82) is 0 Å². The number of nitrogens with one attached hydrogen (secondary N) is 1. The maximum atomic E-state index is 13.4. The molecule has 1 aromatic rings. The first-order valence-electron chi connectivity index (χ1n) is 6.10. The fraction of sp³-hybridized carbons (Fsp3) is 0.538. The van der Waals surface area contributed by atoms with E-state index in [9.17, 15) is 4.39 Å². The van der Waals surface area contributed by atoms with Crippen molar-refractivity contribution in [2.24, 2.45) is 0 Å². The highest BCUT2D eigenvalue weighted by molar-refractivity contribution is 9.10. The summed E-state index contributed by atoms with van der Waals surface area (Å²) in [6, 6.07) is 2.83. The first-order valence-corrected chi connectivity index (χ1v) is 7.27. The van der Waals surface area contributed by atoms with Gasteiger partial charge < -0.3 is 10.1 Å². The SMILES string of the molecule is CCCNCC(CC)Oc1cc(F)c(Cl)cc1Br.